The predicted molar refractivity (Wildman–Crippen MR) is 243 cm³/mol. The third-order valence-electron chi connectivity index (χ3n) is 14.4. The highest BCUT2D eigenvalue weighted by molar-refractivity contribution is 6.39. The summed E-state index contributed by atoms with van der Waals surface area (Å²) in [5.41, 5.74) is 0.981. The number of Topliss-reactive ketones (excluding diaryl/α,β-unsaturated/α-hetero) is 3. The highest BCUT2D eigenvalue weighted by Gasteiger charge is 2.55. The van der Waals surface area contributed by atoms with Crippen molar-refractivity contribution in [1.82, 2.24) is 4.90 Å². The van der Waals surface area contributed by atoms with Crippen LogP contribution in [0.25, 0.3) is 0 Å². The van der Waals surface area contributed by atoms with Crippen molar-refractivity contribution in [3.8, 4) is 0 Å². The maximum Gasteiger partial charge on any atom is 0.329 e. The van der Waals surface area contributed by atoms with E-state index in [1.807, 2.05) is 51.2 Å². The molecule has 4 aliphatic rings. The average molecular weight is 918 g/mol. The van der Waals surface area contributed by atoms with E-state index < -0.39 is 84.0 Å². The summed E-state index contributed by atoms with van der Waals surface area (Å²) < 4.78 is 62.1. The van der Waals surface area contributed by atoms with Crippen molar-refractivity contribution in [2.24, 2.45) is 35.5 Å². The van der Waals surface area contributed by atoms with E-state index in [1.54, 1.807) is 21.0 Å². The lowest BCUT2D eigenvalue weighted by atomic mass is 9.78. The summed E-state index contributed by atoms with van der Waals surface area (Å²) in [6, 6.07) is -1.21. The number of carbonyl (C=O) groups excluding carboxylic acids is 5. The Labute approximate surface area is 385 Å². The molecule has 0 radical (unpaired) electrons. The van der Waals surface area contributed by atoms with Crippen molar-refractivity contribution in [2.75, 3.05) is 27.9 Å². The molecule has 366 valence electrons. The first kappa shape index (κ1) is 54.2. The molecule has 1 aliphatic carbocycles. The number of nitrogens with zero attached hydrogens (tertiary/aromatic N) is 1. The number of carbonyl (C=O) groups is 5. The van der Waals surface area contributed by atoms with Crippen molar-refractivity contribution < 1.29 is 61.5 Å². The molecule has 12 nitrogen and oxygen atoms in total. The number of hydrogen-bond acceptors (Lipinski definition) is 11. The summed E-state index contributed by atoms with van der Waals surface area (Å²) in [5.74, 6) is -9.64. The number of piperidine rings is 1. The standard InChI is InChI=1S/C51H77F2NO11/c1-30-16-12-11-13-17-31(2)42(61-8)28-38-21-19-36(7)51(53,65-38)48(58)49(59)54-23-15-14-18-39(54)50(60)64-43(33(4)26-37-20-22-40(55)44(27-37)62-9)29-41(56)32(3)25-34(5)45(52)47(63-10)46(57)35(6)24-30/h11-13,16-17,25,30,32-33,35-40,42-45,47,55H,14-15,18-24,26-29H2,1-10H3/b13-11+,16-12+,31-17+,34-25+/t30-,32-,33-,35-,36-,37+,38+,39+,40?,42?,43?,44?,45?,47?,51?/m1/s1. The normalized spacial score (nSPS) is 40.4. The third-order valence-corrected chi connectivity index (χ3v) is 14.4. The van der Waals surface area contributed by atoms with Gasteiger partial charge in [0.2, 0.25) is 0 Å². The number of rotatable bonds is 6. The van der Waals surface area contributed by atoms with E-state index in [4.69, 9.17) is 23.7 Å². The summed E-state index contributed by atoms with van der Waals surface area (Å²) >= 11 is 0. The first-order valence-corrected chi connectivity index (χ1v) is 23.8. The number of ketones is 3. The molecule has 3 aliphatic heterocycles. The number of methoxy groups -OCH3 is 3. The Morgan fingerprint density at radius 2 is 1.60 bits per heavy atom. The van der Waals surface area contributed by atoms with Crippen LogP contribution in [0, 0.1) is 35.5 Å². The molecule has 3 heterocycles. The Morgan fingerprint density at radius 3 is 2.28 bits per heavy atom. The van der Waals surface area contributed by atoms with Crippen LogP contribution in [0.2, 0.25) is 0 Å². The number of aliphatic hydroxyl groups excluding tert-OH is 1. The van der Waals surface area contributed by atoms with Gasteiger partial charge in [-0.1, -0.05) is 71.1 Å². The molecule has 2 saturated heterocycles. The fraction of sp³-hybridized carbons (Fsp3) is 0.745. The molecule has 15 atom stereocenters. The quantitative estimate of drug-likeness (QED) is 0.156. The molecular weight excluding hydrogens is 841 g/mol. The van der Waals surface area contributed by atoms with Gasteiger partial charge in [0, 0.05) is 58.5 Å². The monoisotopic (exact) mass is 918 g/mol. The molecule has 14 heteroatoms. The van der Waals surface area contributed by atoms with Crippen LogP contribution in [0.5, 0.6) is 0 Å². The summed E-state index contributed by atoms with van der Waals surface area (Å²) in [7, 11) is 4.38. The molecular formula is C51H77F2NO11. The first-order valence-electron chi connectivity index (χ1n) is 23.8. The van der Waals surface area contributed by atoms with Gasteiger partial charge in [0.1, 0.15) is 17.9 Å². The van der Waals surface area contributed by atoms with Crippen LogP contribution in [-0.2, 0) is 47.7 Å². The van der Waals surface area contributed by atoms with Gasteiger partial charge >= 0.3 is 5.97 Å². The fourth-order valence-electron chi connectivity index (χ4n) is 10.1. The van der Waals surface area contributed by atoms with E-state index in [-0.39, 0.29) is 73.2 Å². The second-order valence-electron chi connectivity index (χ2n) is 19.5. The van der Waals surface area contributed by atoms with Gasteiger partial charge in [0.15, 0.2) is 18.1 Å². The number of esters is 1. The van der Waals surface area contributed by atoms with E-state index in [9.17, 15) is 29.1 Å². The predicted octanol–water partition coefficient (Wildman–Crippen LogP) is 8.14. The van der Waals surface area contributed by atoms with E-state index in [0.717, 1.165) is 10.5 Å². The van der Waals surface area contributed by atoms with Gasteiger partial charge in [-0.05, 0) is 107 Å². The summed E-state index contributed by atoms with van der Waals surface area (Å²) in [6.45, 7) is 12.2. The Balaban J connectivity index is 1.70. The summed E-state index contributed by atoms with van der Waals surface area (Å²) in [6.07, 6.45) is 9.11. The molecule has 2 bridgehead atoms. The molecule has 1 saturated carbocycles. The molecule has 3 fully saturated rings. The van der Waals surface area contributed by atoms with Gasteiger partial charge < -0.3 is 33.7 Å². The van der Waals surface area contributed by atoms with Crippen LogP contribution in [0.3, 0.4) is 0 Å². The zero-order valence-electron chi connectivity index (χ0n) is 40.5. The Kier molecular flexibility index (Phi) is 20.9. The number of hydrogen-bond donors (Lipinski definition) is 1. The summed E-state index contributed by atoms with van der Waals surface area (Å²) in [5, 5.41) is 10.5. The number of ether oxygens (including phenoxy) is 5. The Hall–Kier alpha value is -3.43. The van der Waals surface area contributed by atoms with Gasteiger partial charge in [0.05, 0.1) is 24.4 Å². The lowest BCUT2D eigenvalue weighted by molar-refractivity contribution is -0.231. The SMILES string of the molecule is COC1C[C@@H]2CC[C@@H](C)C(F)(O2)C(=O)C(=O)N2CCCC[C@H]2C(=O)OC([C@H](C)C[C@@H]2CCC(O)C(OC)C2)CC(=O)[C@H](C)/C=C(\C)C(F)C(OC)C(=O)[C@H](C)C[C@H](C)/C=C/C=C/C=C/1C. The maximum absolute atomic E-state index is 17.0. The molecule has 0 spiro atoms. The minimum absolute atomic E-state index is 0.0206. The molecule has 7 unspecified atom stereocenters. The molecule has 65 heavy (non-hydrogen) atoms. The highest BCUT2D eigenvalue weighted by atomic mass is 19.2. The number of cyclic esters (lactones) is 1. The van der Waals surface area contributed by atoms with Gasteiger partial charge in [-0.3, -0.25) is 19.2 Å². The Bertz CT molecular complexity index is 1760. The van der Waals surface area contributed by atoms with Crippen LogP contribution in [-0.4, -0.2) is 122 Å². The van der Waals surface area contributed by atoms with E-state index in [2.05, 4.69) is 0 Å². The lowest BCUT2D eigenvalue weighted by Gasteiger charge is -2.41. The van der Waals surface area contributed by atoms with Crippen LogP contribution < -0.4 is 0 Å². The molecule has 0 aromatic heterocycles. The minimum Gasteiger partial charge on any atom is -0.460 e. The van der Waals surface area contributed by atoms with Gasteiger partial charge in [-0.15, -0.1) is 0 Å². The second kappa shape index (κ2) is 25.1. The second-order valence-corrected chi connectivity index (χ2v) is 19.5. The third kappa shape index (κ3) is 14.3. The zero-order valence-corrected chi connectivity index (χ0v) is 40.5. The molecule has 0 aromatic rings. The Morgan fingerprint density at radius 1 is 0.877 bits per heavy atom. The molecule has 0 aromatic carbocycles. The van der Waals surface area contributed by atoms with Crippen molar-refractivity contribution in [1.29, 1.82) is 0 Å². The summed E-state index contributed by atoms with van der Waals surface area (Å²) in [4.78, 5) is 71.3. The smallest absolute Gasteiger partial charge is 0.329 e. The van der Waals surface area contributed by atoms with Crippen LogP contribution in [0.1, 0.15) is 126 Å². The number of allylic oxidation sites excluding steroid dienone is 6. The number of alkyl halides is 2. The van der Waals surface area contributed by atoms with Crippen molar-refractivity contribution in [3.63, 3.8) is 0 Å². The van der Waals surface area contributed by atoms with Crippen LogP contribution in [0.15, 0.2) is 47.6 Å². The van der Waals surface area contributed by atoms with Gasteiger partial charge in [-0.25, -0.2) is 13.6 Å². The zero-order chi connectivity index (χ0) is 48.2. The number of aliphatic hydroxyl groups is 1. The van der Waals surface area contributed by atoms with Crippen molar-refractivity contribution in [3.05, 3.63) is 47.6 Å². The fourth-order valence-corrected chi connectivity index (χ4v) is 10.1. The average Bonchev–Trinajstić information content (AvgIpc) is 3.28. The topological polar surface area (TPSA) is 155 Å². The molecule has 4 rings (SSSR count). The van der Waals surface area contributed by atoms with Crippen molar-refractivity contribution >= 4 is 29.2 Å². The van der Waals surface area contributed by atoms with Crippen LogP contribution in [0.4, 0.5) is 8.78 Å². The lowest BCUT2D eigenvalue weighted by Crippen LogP contribution is -2.59. The highest BCUT2D eigenvalue weighted by Crippen LogP contribution is 2.40. The largest absolute Gasteiger partial charge is 0.460 e. The van der Waals surface area contributed by atoms with Crippen molar-refractivity contribution in [2.45, 2.75) is 180 Å². The van der Waals surface area contributed by atoms with Gasteiger partial charge in [0.25, 0.3) is 17.5 Å². The van der Waals surface area contributed by atoms with E-state index >= 15 is 8.78 Å². The van der Waals surface area contributed by atoms with E-state index in [1.165, 1.54) is 34.1 Å². The molecule has 1 N–H and O–H groups in total. The first-order chi connectivity index (χ1) is 30.7. The number of fused-ring (bicyclic) bond motifs is 3. The number of halogens is 2. The van der Waals surface area contributed by atoms with Gasteiger partial charge in [-0.2, -0.15) is 0 Å². The maximum atomic E-state index is 17.0. The van der Waals surface area contributed by atoms with E-state index in [0.29, 0.717) is 51.4 Å². The van der Waals surface area contributed by atoms with Crippen LogP contribution >= 0.6 is 0 Å². The number of amides is 1. The molecule has 1 amide bonds. The minimum atomic E-state index is -2.94.